The van der Waals surface area contributed by atoms with Crippen molar-refractivity contribution in [2.24, 2.45) is 0 Å². The monoisotopic (exact) mass is 248 g/mol. The maximum atomic E-state index is 12.0. The summed E-state index contributed by atoms with van der Waals surface area (Å²) in [5.74, 6) is 0.230. The quantitative estimate of drug-likeness (QED) is 0.864. The van der Waals surface area contributed by atoms with E-state index in [1.54, 1.807) is 24.1 Å². The van der Waals surface area contributed by atoms with Crippen LogP contribution in [-0.4, -0.2) is 29.1 Å². The van der Waals surface area contributed by atoms with Gasteiger partial charge in [0.15, 0.2) is 0 Å². The Labute approximate surface area is 108 Å². The van der Waals surface area contributed by atoms with Gasteiger partial charge in [-0.15, -0.1) is 0 Å². The molecule has 2 rings (SSSR count). The number of amides is 2. The summed E-state index contributed by atoms with van der Waals surface area (Å²) < 4.78 is 0. The Morgan fingerprint density at radius 2 is 2.11 bits per heavy atom. The minimum atomic E-state index is -0.147. The molecule has 0 saturated heterocycles. The average Bonchev–Trinajstić information content (AvgIpc) is 2.32. The molecule has 18 heavy (non-hydrogen) atoms. The van der Waals surface area contributed by atoms with E-state index in [9.17, 15) is 9.90 Å². The highest BCUT2D eigenvalue weighted by Gasteiger charge is 2.24. The van der Waals surface area contributed by atoms with E-state index in [4.69, 9.17) is 0 Å². The highest BCUT2D eigenvalue weighted by Crippen LogP contribution is 2.27. The number of nitrogens with zero attached hydrogens (tertiary/aromatic N) is 1. The second kappa shape index (κ2) is 5.29. The number of phenolic OH excluding ortho intramolecular Hbond substituents is 1. The number of rotatable bonds is 3. The van der Waals surface area contributed by atoms with Gasteiger partial charge in [-0.25, -0.2) is 4.79 Å². The molecule has 0 bridgehead atoms. The maximum absolute atomic E-state index is 12.0. The second-order valence-electron chi connectivity index (χ2n) is 4.92. The van der Waals surface area contributed by atoms with Crippen molar-refractivity contribution >= 4 is 6.03 Å². The summed E-state index contributed by atoms with van der Waals surface area (Å²) in [5, 5.41) is 12.8. The van der Waals surface area contributed by atoms with Crippen LogP contribution in [0.25, 0.3) is 0 Å². The highest BCUT2D eigenvalue weighted by atomic mass is 16.3. The molecule has 1 unspecified atom stereocenters. The molecule has 1 aromatic rings. The zero-order chi connectivity index (χ0) is 13.1. The summed E-state index contributed by atoms with van der Waals surface area (Å²) in [5.41, 5.74) is 0.767. The summed E-state index contributed by atoms with van der Waals surface area (Å²) >= 11 is 0. The fraction of sp³-hybridized carbons (Fsp3) is 0.500. The molecule has 4 nitrogen and oxygen atoms in total. The molecule has 2 N–H and O–H groups in total. The molecule has 0 aromatic heterocycles. The summed E-state index contributed by atoms with van der Waals surface area (Å²) in [6, 6.07) is 7.23. The van der Waals surface area contributed by atoms with Gasteiger partial charge in [-0.1, -0.05) is 18.2 Å². The van der Waals surface area contributed by atoms with Crippen LogP contribution in [0.15, 0.2) is 24.3 Å². The minimum absolute atomic E-state index is 0.0737. The van der Waals surface area contributed by atoms with Crippen LogP contribution in [-0.2, 0) is 0 Å². The molecule has 0 spiro atoms. The summed E-state index contributed by atoms with van der Waals surface area (Å²) in [7, 11) is 1.76. The van der Waals surface area contributed by atoms with Crippen LogP contribution in [0.3, 0.4) is 0 Å². The molecule has 1 aliphatic rings. The van der Waals surface area contributed by atoms with Gasteiger partial charge in [0.25, 0.3) is 0 Å². The number of carbonyl (C=O) groups is 1. The van der Waals surface area contributed by atoms with Crippen molar-refractivity contribution in [3.63, 3.8) is 0 Å². The Hall–Kier alpha value is -1.71. The maximum Gasteiger partial charge on any atom is 0.317 e. The fourth-order valence-electron chi connectivity index (χ4n) is 2.05. The number of hydrogen-bond donors (Lipinski definition) is 2. The molecule has 1 fully saturated rings. The van der Waals surface area contributed by atoms with Gasteiger partial charge in [0.1, 0.15) is 5.75 Å². The number of carbonyl (C=O) groups excluding carboxylic acids is 1. The molecular weight excluding hydrogens is 228 g/mol. The molecule has 0 aliphatic heterocycles. The zero-order valence-electron chi connectivity index (χ0n) is 10.9. The van der Waals surface area contributed by atoms with Crippen molar-refractivity contribution in [2.45, 2.75) is 38.3 Å². The van der Waals surface area contributed by atoms with E-state index >= 15 is 0 Å². The Morgan fingerprint density at radius 1 is 1.44 bits per heavy atom. The first-order chi connectivity index (χ1) is 8.59. The van der Waals surface area contributed by atoms with E-state index in [0.717, 1.165) is 18.4 Å². The third kappa shape index (κ3) is 2.58. The lowest BCUT2D eigenvalue weighted by molar-refractivity contribution is 0.182. The van der Waals surface area contributed by atoms with Crippen LogP contribution in [0.2, 0.25) is 0 Å². The fourth-order valence-corrected chi connectivity index (χ4v) is 2.05. The van der Waals surface area contributed by atoms with Crippen molar-refractivity contribution in [2.75, 3.05) is 7.05 Å². The lowest BCUT2D eigenvalue weighted by atomic mass is 9.93. The number of urea groups is 1. The molecule has 2 amide bonds. The number of para-hydroxylation sites is 1. The van der Waals surface area contributed by atoms with E-state index < -0.39 is 0 Å². The third-order valence-electron chi connectivity index (χ3n) is 3.72. The van der Waals surface area contributed by atoms with Gasteiger partial charge < -0.3 is 15.3 Å². The highest BCUT2D eigenvalue weighted by molar-refractivity contribution is 5.75. The molecule has 4 heteroatoms. The van der Waals surface area contributed by atoms with Crippen molar-refractivity contribution in [1.29, 1.82) is 0 Å². The van der Waals surface area contributed by atoms with Crippen LogP contribution in [0.4, 0.5) is 4.79 Å². The van der Waals surface area contributed by atoms with Gasteiger partial charge in [0.2, 0.25) is 0 Å². The van der Waals surface area contributed by atoms with Crippen LogP contribution in [0, 0.1) is 0 Å². The molecule has 0 heterocycles. The molecule has 1 atom stereocenters. The Kier molecular flexibility index (Phi) is 3.75. The Bertz CT molecular complexity index is 430. The number of aromatic hydroxyl groups is 1. The zero-order valence-corrected chi connectivity index (χ0v) is 10.9. The normalized spacial score (nSPS) is 16.8. The topological polar surface area (TPSA) is 52.6 Å². The lowest BCUT2D eigenvalue weighted by Gasteiger charge is -2.31. The first-order valence-corrected chi connectivity index (χ1v) is 6.41. The van der Waals surface area contributed by atoms with E-state index in [1.807, 2.05) is 19.1 Å². The number of phenols is 1. The third-order valence-corrected chi connectivity index (χ3v) is 3.72. The summed E-state index contributed by atoms with van der Waals surface area (Å²) in [6.45, 7) is 1.91. The van der Waals surface area contributed by atoms with Gasteiger partial charge in [0.05, 0.1) is 6.04 Å². The number of benzene rings is 1. The number of nitrogens with one attached hydrogen (secondary N) is 1. The largest absolute Gasteiger partial charge is 0.508 e. The van der Waals surface area contributed by atoms with Crippen molar-refractivity contribution in [1.82, 2.24) is 10.2 Å². The van der Waals surface area contributed by atoms with Crippen molar-refractivity contribution in [3.05, 3.63) is 29.8 Å². The van der Waals surface area contributed by atoms with Crippen LogP contribution in [0.5, 0.6) is 5.75 Å². The molecule has 0 radical (unpaired) electrons. The summed E-state index contributed by atoms with van der Waals surface area (Å²) in [4.78, 5) is 13.6. The van der Waals surface area contributed by atoms with Gasteiger partial charge in [-0.2, -0.15) is 0 Å². The van der Waals surface area contributed by atoms with Crippen LogP contribution in [0.1, 0.15) is 37.8 Å². The standard InChI is InChI=1S/C14H20N2O2/c1-10(12-8-3-4-9-13(12)17)16(2)14(18)15-11-6-5-7-11/h3-4,8-11,17H,5-7H2,1-2H3,(H,15,18). The Morgan fingerprint density at radius 3 is 2.67 bits per heavy atom. The van der Waals surface area contributed by atoms with Gasteiger partial charge >= 0.3 is 6.03 Å². The molecule has 98 valence electrons. The molecule has 1 aliphatic carbocycles. The van der Waals surface area contributed by atoms with Gasteiger partial charge in [-0.05, 0) is 32.3 Å². The predicted molar refractivity (Wildman–Crippen MR) is 70.5 cm³/mol. The van der Waals surface area contributed by atoms with Crippen molar-refractivity contribution < 1.29 is 9.90 Å². The van der Waals surface area contributed by atoms with Crippen LogP contribution < -0.4 is 5.32 Å². The van der Waals surface area contributed by atoms with E-state index in [0.29, 0.717) is 6.04 Å². The smallest absolute Gasteiger partial charge is 0.317 e. The predicted octanol–water partition coefficient (Wildman–Crippen LogP) is 2.65. The average molecular weight is 248 g/mol. The van der Waals surface area contributed by atoms with Gasteiger partial charge in [0, 0.05) is 18.7 Å². The first-order valence-electron chi connectivity index (χ1n) is 6.41. The van der Waals surface area contributed by atoms with E-state index in [-0.39, 0.29) is 17.8 Å². The van der Waals surface area contributed by atoms with Gasteiger partial charge in [-0.3, -0.25) is 0 Å². The molecular formula is C14H20N2O2. The summed E-state index contributed by atoms with van der Waals surface area (Å²) in [6.07, 6.45) is 3.35. The number of hydrogen-bond acceptors (Lipinski definition) is 2. The molecule has 1 aromatic carbocycles. The Balaban J connectivity index is 2.01. The second-order valence-corrected chi connectivity index (χ2v) is 4.92. The minimum Gasteiger partial charge on any atom is -0.508 e. The van der Waals surface area contributed by atoms with Crippen LogP contribution >= 0.6 is 0 Å². The van der Waals surface area contributed by atoms with Crippen molar-refractivity contribution in [3.8, 4) is 5.75 Å². The van der Waals surface area contributed by atoms with E-state index in [2.05, 4.69) is 5.32 Å². The molecule has 1 saturated carbocycles. The van der Waals surface area contributed by atoms with E-state index in [1.165, 1.54) is 6.42 Å². The SMILES string of the molecule is CC(c1ccccc1O)N(C)C(=O)NC1CCC1. The first kappa shape index (κ1) is 12.7. The lowest BCUT2D eigenvalue weighted by Crippen LogP contribution is -2.46.